The van der Waals surface area contributed by atoms with E-state index in [1.807, 2.05) is 11.6 Å². The van der Waals surface area contributed by atoms with Crippen LogP contribution >= 0.6 is 11.6 Å². The topological polar surface area (TPSA) is 47.1 Å². The van der Waals surface area contributed by atoms with Crippen LogP contribution in [0.4, 0.5) is 5.82 Å². The van der Waals surface area contributed by atoms with E-state index in [0.29, 0.717) is 16.9 Å². The average Bonchev–Trinajstić information content (AvgIpc) is 2.89. The van der Waals surface area contributed by atoms with E-state index in [2.05, 4.69) is 10.00 Å². The first kappa shape index (κ1) is 11.4. The van der Waals surface area contributed by atoms with Crippen molar-refractivity contribution in [1.82, 2.24) is 14.7 Å². The van der Waals surface area contributed by atoms with E-state index in [1.54, 1.807) is 0 Å². The van der Waals surface area contributed by atoms with Gasteiger partial charge in [0.25, 0.3) is 0 Å². The largest absolute Gasteiger partial charge is 0.383 e. The summed E-state index contributed by atoms with van der Waals surface area (Å²) in [6.45, 7) is 4.36. The zero-order valence-corrected chi connectivity index (χ0v) is 11.0. The molecule has 0 radical (unpaired) electrons. The second-order valence-electron chi connectivity index (χ2n) is 5.24. The van der Waals surface area contributed by atoms with Gasteiger partial charge < -0.3 is 10.6 Å². The Morgan fingerprint density at radius 3 is 2.82 bits per heavy atom. The number of nitrogens with zero attached hydrogens (tertiary/aromatic N) is 3. The van der Waals surface area contributed by atoms with Crippen molar-refractivity contribution in [3.63, 3.8) is 0 Å². The van der Waals surface area contributed by atoms with Crippen LogP contribution < -0.4 is 5.73 Å². The summed E-state index contributed by atoms with van der Waals surface area (Å²) in [6.07, 6.45) is 4.97. The molecule has 3 rings (SSSR count). The third kappa shape index (κ3) is 1.83. The maximum atomic E-state index is 6.11. The molecule has 17 heavy (non-hydrogen) atoms. The summed E-state index contributed by atoms with van der Waals surface area (Å²) < 4.78 is 1.95. The lowest BCUT2D eigenvalue weighted by atomic mass is 9.98. The van der Waals surface area contributed by atoms with Crippen LogP contribution in [0.1, 0.15) is 37.4 Å². The lowest BCUT2D eigenvalue weighted by molar-refractivity contribution is 0.150. The molecule has 0 spiro atoms. The lowest BCUT2D eigenvalue weighted by Gasteiger charge is -2.35. The highest BCUT2D eigenvalue weighted by Gasteiger charge is 2.33. The monoisotopic (exact) mass is 254 g/mol. The Balaban J connectivity index is 1.82. The molecule has 5 heteroatoms. The summed E-state index contributed by atoms with van der Waals surface area (Å²) in [5.74, 6) is 0.639. The van der Waals surface area contributed by atoms with Gasteiger partial charge in [0.2, 0.25) is 0 Å². The number of halogens is 1. The SMILES string of the molecule is Cc1nn(C2CCN3CCCC3C2)c(N)c1Cl. The first-order valence-corrected chi connectivity index (χ1v) is 6.78. The predicted molar refractivity (Wildman–Crippen MR) is 69.3 cm³/mol. The van der Waals surface area contributed by atoms with Crippen LogP contribution in [0.5, 0.6) is 0 Å². The Bertz CT molecular complexity index is 428. The van der Waals surface area contributed by atoms with E-state index >= 15 is 0 Å². The van der Waals surface area contributed by atoms with Crippen molar-refractivity contribution in [3.8, 4) is 0 Å². The fourth-order valence-electron chi connectivity index (χ4n) is 3.25. The molecule has 0 amide bonds. The van der Waals surface area contributed by atoms with Gasteiger partial charge in [0.15, 0.2) is 0 Å². The van der Waals surface area contributed by atoms with Crippen LogP contribution in [0.25, 0.3) is 0 Å². The molecule has 2 aliphatic rings. The Kier molecular flexibility index (Phi) is 2.79. The molecule has 2 atom stereocenters. The summed E-state index contributed by atoms with van der Waals surface area (Å²) in [6, 6.07) is 1.16. The zero-order valence-electron chi connectivity index (χ0n) is 10.2. The van der Waals surface area contributed by atoms with Gasteiger partial charge in [-0.25, -0.2) is 4.68 Å². The molecule has 1 aromatic heterocycles. The molecule has 2 aliphatic heterocycles. The van der Waals surface area contributed by atoms with Crippen molar-refractivity contribution >= 4 is 17.4 Å². The molecule has 2 N–H and O–H groups in total. The Hall–Kier alpha value is -0.740. The number of rotatable bonds is 1. The summed E-state index contributed by atoms with van der Waals surface area (Å²) in [5.41, 5.74) is 6.87. The quantitative estimate of drug-likeness (QED) is 0.836. The average molecular weight is 255 g/mol. The molecule has 94 valence electrons. The third-order valence-corrected chi connectivity index (χ3v) is 4.65. The highest BCUT2D eigenvalue weighted by Crippen LogP contribution is 2.35. The van der Waals surface area contributed by atoms with E-state index in [0.717, 1.165) is 18.2 Å². The normalized spacial score (nSPS) is 29.5. The molecule has 0 aliphatic carbocycles. The molecule has 0 saturated carbocycles. The number of fused-ring (bicyclic) bond motifs is 1. The second kappa shape index (κ2) is 4.18. The summed E-state index contributed by atoms with van der Waals surface area (Å²) in [5, 5.41) is 5.11. The van der Waals surface area contributed by atoms with Gasteiger partial charge in [0.1, 0.15) is 10.8 Å². The van der Waals surface area contributed by atoms with Crippen molar-refractivity contribution < 1.29 is 0 Å². The second-order valence-corrected chi connectivity index (χ2v) is 5.62. The van der Waals surface area contributed by atoms with E-state index in [-0.39, 0.29) is 0 Å². The molecular weight excluding hydrogens is 236 g/mol. The van der Waals surface area contributed by atoms with Gasteiger partial charge in [-0.3, -0.25) is 0 Å². The van der Waals surface area contributed by atoms with Gasteiger partial charge >= 0.3 is 0 Å². The first-order valence-electron chi connectivity index (χ1n) is 6.41. The van der Waals surface area contributed by atoms with Crippen LogP contribution in [-0.4, -0.2) is 33.8 Å². The minimum atomic E-state index is 0.431. The molecule has 3 heterocycles. The smallest absolute Gasteiger partial charge is 0.141 e. The number of hydrogen-bond donors (Lipinski definition) is 1. The van der Waals surface area contributed by atoms with Gasteiger partial charge in [-0.05, 0) is 39.2 Å². The summed E-state index contributed by atoms with van der Waals surface area (Å²) in [4.78, 5) is 2.60. The van der Waals surface area contributed by atoms with Crippen LogP contribution in [0.3, 0.4) is 0 Å². The maximum Gasteiger partial charge on any atom is 0.141 e. The maximum absolute atomic E-state index is 6.11. The number of nitrogen functional groups attached to an aromatic ring is 1. The highest BCUT2D eigenvalue weighted by atomic mass is 35.5. The van der Waals surface area contributed by atoms with Crippen molar-refractivity contribution in [2.45, 2.75) is 44.7 Å². The van der Waals surface area contributed by atoms with E-state index in [4.69, 9.17) is 17.3 Å². The van der Waals surface area contributed by atoms with Crippen molar-refractivity contribution in [1.29, 1.82) is 0 Å². The Morgan fingerprint density at radius 1 is 1.29 bits per heavy atom. The van der Waals surface area contributed by atoms with Crippen LogP contribution in [0, 0.1) is 6.92 Å². The molecule has 2 saturated heterocycles. The van der Waals surface area contributed by atoms with Crippen molar-refractivity contribution in [3.05, 3.63) is 10.7 Å². The lowest BCUT2D eigenvalue weighted by Crippen LogP contribution is -2.39. The standard InChI is InChI=1S/C12H19ClN4/c1-8-11(13)12(14)17(15-8)10-4-6-16-5-2-3-9(16)7-10/h9-10H,2-7,14H2,1H3. The molecule has 1 aromatic rings. The Labute approximate surface area is 107 Å². The van der Waals surface area contributed by atoms with Crippen molar-refractivity contribution in [2.75, 3.05) is 18.8 Å². The predicted octanol–water partition coefficient (Wildman–Crippen LogP) is 2.23. The van der Waals surface area contributed by atoms with Gasteiger partial charge in [-0.2, -0.15) is 5.10 Å². The first-order chi connectivity index (χ1) is 8.16. The number of hydrogen-bond acceptors (Lipinski definition) is 3. The fraction of sp³-hybridized carbons (Fsp3) is 0.750. The van der Waals surface area contributed by atoms with Gasteiger partial charge in [-0.1, -0.05) is 11.6 Å². The molecule has 0 bridgehead atoms. The van der Waals surface area contributed by atoms with E-state index in [1.165, 1.54) is 32.4 Å². The third-order valence-electron chi connectivity index (χ3n) is 4.19. The van der Waals surface area contributed by atoms with E-state index < -0.39 is 0 Å². The fourth-order valence-corrected chi connectivity index (χ4v) is 3.37. The van der Waals surface area contributed by atoms with Gasteiger partial charge in [0.05, 0.1) is 11.7 Å². The summed E-state index contributed by atoms with van der Waals surface area (Å²) >= 11 is 6.11. The van der Waals surface area contributed by atoms with E-state index in [9.17, 15) is 0 Å². The molecule has 4 nitrogen and oxygen atoms in total. The number of aryl methyl sites for hydroxylation is 1. The Morgan fingerprint density at radius 2 is 2.12 bits per heavy atom. The number of piperidine rings is 1. The van der Waals surface area contributed by atoms with Crippen molar-refractivity contribution in [2.24, 2.45) is 0 Å². The van der Waals surface area contributed by atoms with Crippen LogP contribution in [0.15, 0.2) is 0 Å². The van der Waals surface area contributed by atoms with Crippen LogP contribution in [-0.2, 0) is 0 Å². The number of anilines is 1. The van der Waals surface area contributed by atoms with Gasteiger partial charge in [-0.15, -0.1) is 0 Å². The highest BCUT2D eigenvalue weighted by molar-refractivity contribution is 6.33. The number of aromatic nitrogens is 2. The minimum absolute atomic E-state index is 0.431. The van der Waals surface area contributed by atoms with Gasteiger partial charge in [0, 0.05) is 12.6 Å². The molecule has 2 unspecified atom stereocenters. The van der Waals surface area contributed by atoms with Crippen LogP contribution in [0.2, 0.25) is 5.02 Å². The molecule has 0 aromatic carbocycles. The summed E-state index contributed by atoms with van der Waals surface area (Å²) in [7, 11) is 0. The minimum Gasteiger partial charge on any atom is -0.383 e. The zero-order chi connectivity index (χ0) is 12.0. The molecule has 2 fully saturated rings. The number of nitrogens with two attached hydrogens (primary N) is 1. The molecular formula is C12H19ClN4.